The third-order valence-corrected chi connectivity index (χ3v) is 7.95. The van der Waals surface area contributed by atoms with Crippen LogP contribution in [0.2, 0.25) is 5.02 Å². The number of nitrogen functional groups attached to an aromatic ring is 1. The van der Waals surface area contributed by atoms with E-state index in [1.165, 1.54) is 21.2 Å². The number of nitrogens with two attached hydrogens (primary N) is 1. The molecule has 11 nitrogen and oxygen atoms in total. The first kappa shape index (κ1) is 29.9. The number of hydrogen-bond donors (Lipinski definition) is 2. The van der Waals surface area contributed by atoms with Gasteiger partial charge in [0, 0.05) is 17.1 Å². The van der Waals surface area contributed by atoms with Crippen molar-refractivity contribution in [2.24, 2.45) is 0 Å². The highest BCUT2D eigenvalue weighted by Crippen LogP contribution is 2.28. The summed E-state index contributed by atoms with van der Waals surface area (Å²) >= 11 is 7.27. The largest absolute Gasteiger partial charge is 0.467 e. The fourth-order valence-corrected chi connectivity index (χ4v) is 5.49. The Labute approximate surface area is 256 Å². The molecular formula is C30H30ClN7O4S. The summed E-state index contributed by atoms with van der Waals surface area (Å²) in [6.07, 6.45) is 2.99. The molecule has 0 aliphatic carbocycles. The predicted octanol–water partition coefficient (Wildman–Crippen LogP) is 4.65. The molecule has 0 fully saturated rings. The SMILES string of the molecule is CCCCN(C(=O)CSc1nnc(-c2ccc(Cl)cc2)n1Cc1ccco1)c1c(N)n(Cc2ccccc2)c(=O)[nH]c1=O. The van der Waals surface area contributed by atoms with Crippen LogP contribution in [0.15, 0.2) is 92.2 Å². The van der Waals surface area contributed by atoms with Crippen molar-refractivity contribution in [2.75, 3.05) is 22.9 Å². The van der Waals surface area contributed by atoms with Crippen molar-refractivity contribution in [1.29, 1.82) is 0 Å². The van der Waals surface area contributed by atoms with Gasteiger partial charge in [0.15, 0.2) is 16.7 Å². The van der Waals surface area contributed by atoms with Crippen LogP contribution in [0, 0.1) is 0 Å². The third kappa shape index (κ3) is 6.92. The highest BCUT2D eigenvalue weighted by atomic mass is 35.5. The molecule has 0 spiro atoms. The monoisotopic (exact) mass is 619 g/mol. The number of carbonyl (C=O) groups excluding carboxylic acids is 1. The van der Waals surface area contributed by atoms with Gasteiger partial charge in [-0.2, -0.15) is 0 Å². The van der Waals surface area contributed by atoms with E-state index in [0.29, 0.717) is 34.7 Å². The number of anilines is 2. The third-order valence-electron chi connectivity index (χ3n) is 6.74. The van der Waals surface area contributed by atoms with Crippen molar-refractivity contribution >= 4 is 40.8 Å². The highest BCUT2D eigenvalue weighted by Gasteiger charge is 2.25. The molecule has 0 aliphatic rings. The maximum absolute atomic E-state index is 13.7. The van der Waals surface area contributed by atoms with Crippen molar-refractivity contribution < 1.29 is 9.21 Å². The number of thioether (sulfide) groups is 1. The number of rotatable bonds is 12. The number of aromatic amines is 1. The van der Waals surface area contributed by atoms with Gasteiger partial charge in [0.1, 0.15) is 11.6 Å². The molecule has 0 unspecified atom stereocenters. The van der Waals surface area contributed by atoms with Gasteiger partial charge in [0.2, 0.25) is 5.91 Å². The Morgan fingerprint density at radius 3 is 2.49 bits per heavy atom. The van der Waals surface area contributed by atoms with E-state index in [0.717, 1.165) is 17.5 Å². The summed E-state index contributed by atoms with van der Waals surface area (Å²) in [6.45, 7) is 2.72. The van der Waals surface area contributed by atoms with Crippen LogP contribution in [0.5, 0.6) is 0 Å². The second kappa shape index (κ2) is 13.6. The fourth-order valence-electron chi connectivity index (χ4n) is 4.55. The Morgan fingerprint density at radius 1 is 1.02 bits per heavy atom. The predicted molar refractivity (Wildman–Crippen MR) is 168 cm³/mol. The van der Waals surface area contributed by atoms with Crippen LogP contribution in [0.3, 0.4) is 0 Å². The molecule has 0 bridgehead atoms. The molecule has 43 heavy (non-hydrogen) atoms. The minimum atomic E-state index is -0.715. The number of carbonyl (C=O) groups is 1. The Kier molecular flexibility index (Phi) is 9.48. The van der Waals surface area contributed by atoms with Crippen molar-refractivity contribution in [2.45, 2.75) is 38.0 Å². The quantitative estimate of drug-likeness (QED) is 0.192. The van der Waals surface area contributed by atoms with Crippen LogP contribution in [0.1, 0.15) is 31.1 Å². The van der Waals surface area contributed by atoms with Crippen LogP contribution < -0.4 is 21.9 Å². The van der Waals surface area contributed by atoms with E-state index in [2.05, 4.69) is 15.2 Å². The number of aromatic nitrogens is 5. The number of amides is 1. The van der Waals surface area contributed by atoms with Gasteiger partial charge in [-0.1, -0.05) is 67.0 Å². The average molecular weight is 620 g/mol. The number of H-pyrrole nitrogens is 1. The molecule has 0 radical (unpaired) electrons. The molecule has 0 atom stereocenters. The van der Waals surface area contributed by atoms with Crippen LogP contribution in [-0.2, 0) is 17.9 Å². The molecule has 3 heterocycles. The molecule has 5 aromatic rings. The number of furan rings is 1. The minimum absolute atomic E-state index is 0.0477. The molecule has 5 rings (SSSR count). The van der Waals surface area contributed by atoms with E-state index in [-0.39, 0.29) is 36.3 Å². The zero-order valence-corrected chi connectivity index (χ0v) is 25.0. The van der Waals surface area contributed by atoms with Gasteiger partial charge < -0.3 is 15.1 Å². The number of halogens is 1. The van der Waals surface area contributed by atoms with Crippen LogP contribution >= 0.6 is 23.4 Å². The second-order valence-electron chi connectivity index (χ2n) is 9.73. The zero-order chi connectivity index (χ0) is 30.3. The van der Waals surface area contributed by atoms with Gasteiger partial charge in [-0.15, -0.1) is 10.2 Å². The summed E-state index contributed by atoms with van der Waals surface area (Å²) in [7, 11) is 0. The summed E-state index contributed by atoms with van der Waals surface area (Å²) in [5.41, 5.74) is 6.64. The minimum Gasteiger partial charge on any atom is -0.467 e. The summed E-state index contributed by atoms with van der Waals surface area (Å²) in [5.74, 6) is 0.781. The Bertz CT molecular complexity index is 1800. The lowest BCUT2D eigenvalue weighted by Gasteiger charge is -2.24. The van der Waals surface area contributed by atoms with Crippen LogP contribution in [0.4, 0.5) is 11.5 Å². The summed E-state index contributed by atoms with van der Waals surface area (Å²) in [4.78, 5) is 43.2. The van der Waals surface area contributed by atoms with E-state index >= 15 is 0 Å². The summed E-state index contributed by atoms with van der Waals surface area (Å²) in [6, 6.07) is 20.1. The van der Waals surface area contributed by atoms with Crippen molar-refractivity contribution in [3.63, 3.8) is 0 Å². The summed E-state index contributed by atoms with van der Waals surface area (Å²) < 4.78 is 8.69. The maximum atomic E-state index is 13.7. The van der Waals surface area contributed by atoms with Gasteiger partial charge in [-0.05, 0) is 48.4 Å². The standard InChI is InChI=1S/C30H30ClN7O4S/c1-2-3-15-36(25-26(32)37(29(41)33-28(25)40)17-20-8-5-4-6-9-20)24(39)19-43-30-35-34-27(21-11-13-22(31)14-12-21)38(30)18-23-10-7-16-42-23/h4-14,16H,2-3,15,17-19,32H2,1H3,(H,33,40,41). The molecule has 3 N–H and O–H groups in total. The number of nitrogens with one attached hydrogen (secondary N) is 1. The Balaban J connectivity index is 1.44. The van der Waals surface area contributed by atoms with E-state index in [1.54, 1.807) is 24.5 Å². The van der Waals surface area contributed by atoms with E-state index < -0.39 is 11.2 Å². The number of benzene rings is 2. The van der Waals surface area contributed by atoms with E-state index in [1.807, 2.05) is 60.0 Å². The Morgan fingerprint density at radius 2 is 1.79 bits per heavy atom. The van der Waals surface area contributed by atoms with E-state index in [9.17, 15) is 14.4 Å². The maximum Gasteiger partial charge on any atom is 0.330 e. The fraction of sp³-hybridized carbons (Fsp3) is 0.233. The first-order chi connectivity index (χ1) is 20.9. The van der Waals surface area contributed by atoms with E-state index in [4.69, 9.17) is 21.8 Å². The van der Waals surface area contributed by atoms with Crippen molar-refractivity contribution in [3.8, 4) is 11.4 Å². The smallest absolute Gasteiger partial charge is 0.330 e. The van der Waals surface area contributed by atoms with Gasteiger partial charge in [0.05, 0.1) is 25.1 Å². The molecule has 3 aromatic heterocycles. The first-order valence-electron chi connectivity index (χ1n) is 13.7. The Hall–Kier alpha value is -4.55. The van der Waals surface area contributed by atoms with Crippen molar-refractivity contribution in [3.05, 3.63) is 110 Å². The summed E-state index contributed by atoms with van der Waals surface area (Å²) in [5, 5.41) is 9.83. The number of hydrogen-bond acceptors (Lipinski definition) is 8. The number of nitrogens with zero attached hydrogens (tertiary/aromatic N) is 5. The first-order valence-corrected chi connectivity index (χ1v) is 15.0. The lowest BCUT2D eigenvalue weighted by Crippen LogP contribution is -2.42. The molecule has 0 aliphatic heterocycles. The van der Waals surface area contributed by atoms with Gasteiger partial charge in [-0.3, -0.25) is 23.7 Å². The highest BCUT2D eigenvalue weighted by molar-refractivity contribution is 7.99. The van der Waals surface area contributed by atoms with Crippen LogP contribution in [0.25, 0.3) is 11.4 Å². The molecule has 1 amide bonds. The molecule has 222 valence electrons. The lowest BCUT2D eigenvalue weighted by molar-refractivity contribution is -0.116. The zero-order valence-electron chi connectivity index (χ0n) is 23.4. The molecule has 0 saturated carbocycles. The van der Waals surface area contributed by atoms with Gasteiger partial charge in [-0.25, -0.2) is 4.79 Å². The second-order valence-corrected chi connectivity index (χ2v) is 11.1. The van der Waals surface area contributed by atoms with Gasteiger partial charge in [0.25, 0.3) is 5.56 Å². The van der Waals surface area contributed by atoms with Gasteiger partial charge >= 0.3 is 5.69 Å². The number of unbranched alkanes of at least 4 members (excludes halogenated alkanes) is 1. The molecule has 13 heteroatoms. The topological polar surface area (TPSA) is 145 Å². The molecule has 0 saturated heterocycles. The molecular weight excluding hydrogens is 590 g/mol. The van der Waals surface area contributed by atoms with Crippen LogP contribution in [-0.4, -0.2) is 42.5 Å². The lowest BCUT2D eigenvalue weighted by atomic mass is 10.2. The normalized spacial score (nSPS) is 11.1. The van der Waals surface area contributed by atoms with Crippen molar-refractivity contribution in [1.82, 2.24) is 24.3 Å². The average Bonchev–Trinajstić information content (AvgIpc) is 3.67. The molecule has 2 aromatic carbocycles.